The first-order valence-electron chi connectivity index (χ1n) is 8.18. The third-order valence-electron chi connectivity index (χ3n) is 3.73. The van der Waals surface area contributed by atoms with Crippen molar-refractivity contribution in [2.24, 2.45) is 0 Å². The fourth-order valence-corrected chi connectivity index (χ4v) is 3.24. The van der Waals surface area contributed by atoms with E-state index in [1.165, 1.54) is 18.3 Å². The summed E-state index contributed by atoms with van der Waals surface area (Å²) in [6.45, 7) is 3.83. The number of benzene rings is 2. The number of nitrogens with one attached hydrogen (secondary N) is 2. The van der Waals surface area contributed by atoms with Gasteiger partial charge in [-0.25, -0.2) is 4.98 Å². The Morgan fingerprint density at radius 2 is 1.88 bits per heavy atom. The number of carbonyl (C=O) groups excluding carboxylic acids is 2. The zero-order valence-corrected chi connectivity index (χ0v) is 15.4. The molecule has 0 aliphatic carbocycles. The molecule has 5 nitrogen and oxygen atoms in total. The number of hydrogen-bond donors (Lipinski definition) is 2. The van der Waals surface area contributed by atoms with Gasteiger partial charge in [-0.1, -0.05) is 29.8 Å². The molecular formula is C20H19N3O2S. The van der Waals surface area contributed by atoms with Crippen LogP contribution in [0, 0.1) is 6.92 Å². The Morgan fingerprint density at radius 3 is 2.58 bits per heavy atom. The van der Waals surface area contributed by atoms with Crippen LogP contribution in [-0.2, 0) is 11.3 Å². The van der Waals surface area contributed by atoms with E-state index in [9.17, 15) is 9.59 Å². The van der Waals surface area contributed by atoms with E-state index >= 15 is 0 Å². The SMILES string of the molecule is CC(=O)Nc1ccc(-c2csc(CNC(=O)c3cccc(C)c3)n2)cc1. The molecule has 6 heteroatoms. The summed E-state index contributed by atoms with van der Waals surface area (Å²) in [6.07, 6.45) is 0. The number of anilines is 1. The number of hydrogen-bond acceptors (Lipinski definition) is 4. The topological polar surface area (TPSA) is 71.1 Å². The molecule has 0 saturated heterocycles. The standard InChI is InChI=1S/C20H19N3O2S/c1-13-4-3-5-16(10-13)20(25)21-11-19-23-18(12-26-19)15-6-8-17(9-7-15)22-14(2)24/h3-10,12H,11H2,1-2H3,(H,21,25)(H,22,24). The van der Waals surface area contributed by atoms with Gasteiger partial charge in [0.25, 0.3) is 5.91 Å². The highest BCUT2D eigenvalue weighted by Gasteiger charge is 2.08. The van der Waals surface area contributed by atoms with E-state index in [0.717, 1.165) is 27.5 Å². The molecule has 3 rings (SSSR count). The molecule has 0 atom stereocenters. The summed E-state index contributed by atoms with van der Waals surface area (Å²) in [6, 6.07) is 15.0. The van der Waals surface area contributed by atoms with Crippen LogP contribution in [0.15, 0.2) is 53.9 Å². The second-order valence-electron chi connectivity index (χ2n) is 5.94. The number of aryl methyl sites for hydroxylation is 1. The van der Waals surface area contributed by atoms with Crippen molar-refractivity contribution in [3.63, 3.8) is 0 Å². The van der Waals surface area contributed by atoms with Crippen LogP contribution in [0.25, 0.3) is 11.3 Å². The van der Waals surface area contributed by atoms with Crippen LogP contribution in [0.1, 0.15) is 27.9 Å². The minimum atomic E-state index is -0.106. The quantitative estimate of drug-likeness (QED) is 0.718. The highest BCUT2D eigenvalue weighted by Crippen LogP contribution is 2.23. The Hall–Kier alpha value is -2.99. The van der Waals surface area contributed by atoms with Crippen LogP contribution < -0.4 is 10.6 Å². The molecule has 0 saturated carbocycles. The average molecular weight is 365 g/mol. The molecule has 132 valence electrons. The first kappa shape index (κ1) is 17.8. The lowest BCUT2D eigenvalue weighted by atomic mass is 10.1. The van der Waals surface area contributed by atoms with Crippen LogP contribution >= 0.6 is 11.3 Å². The minimum absolute atomic E-state index is 0.0990. The average Bonchev–Trinajstić information content (AvgIpc) is 3.09. The maximum atomic E-state index is 12.2. The molecule has 1 heterocycles. The van der Waals surface area contributed by atoms with E-state index in [1.807, 2.05) is 54.8 Å². The van der Waals surface area contributed by atoms with Crippen LogP contribution in [0.2, 0.25) is 0 Å². The van der Waals surface area contributed by atoms with E-state index < -0.39 is 0 Å². The van der Waals surface area contributed by atoms with Gasteiger partial charge in [0.15, 0.2) is 0 Å². The minimum Gasteiger partial charge on any atom is -0.346 e. The lowest BCUT2D eigenvalue weighted by Crippen LogP contribution is -2.22. The largest absolute Gasteiger partial charge is 0.346 e. The van der Waals surface area contributed by atoms with Crippen LogP contribution in [-0.4, -0.2) is 16.8 Å². The molecule has 0 radical (unpaired) electrons. The summed E-state index contributed by atoms with van der Waals surface area (Å²) in [7, 11) is 0. The molecule has 1 aromatic heterocycles. The molecule has 3 aromatic rings. The maximum Gasteiger partial charge on any atom is 0.251 e. The third-order valence-corrected chi connectivity index (χ3v) is 4.58. The van der Waals surface area contributed by atoms with Gasteiger partial charge < -0.3 is 10.6 Å². The normalized spacial score (nSPS) is 10.4. The van der Waals surface area contributed by atoms with Crippen LogP contribution in [0.5, 0.6) is 0 Å². The summed E-state index contributed by atoms with van der Waals surface area (Å²) >= 11 is 1.50. The predicted octanol–water partition coefficient (Wildman–Crippen LogP) is 4.01. The Labute approximate surface area is 156 Å². The van der Waals surface area contributed by atoms with E-state index in [4.69, 9.17) is 0 Å². The lowest BCUT2D eigenvalue weighted by Gasteiger charge is -2.04. The molecule has 2 amide bonds. The third kappa shape index (κ3) is 4.55. The monoisotopic (exact) mass is 365 g/mol. The van der Waals surface area contributed by atoms with Crippen molar-refractivity contribution in [1.82, 2.24) is 10.3 Å². The highest BCUT2D eigenvalue weighted by molar-refractivity contribution is 7.09. The van der Waals surface area contributed by atoms with Gasteiger partial charge in [-0.2, -0.15) is 0 Å². The Bertz CT molecular complexity index is 932. The summed E-state index contributed by atoms with van der Waals surface area (Å²) in [5.74, 6) is -0.205. The summed E-state index contributed by atoms with van der Waals surface area (Å²) in [4.78, 5) is 27.8. The lowest BCUT2D eigenvalue weighted by molar-refractivity contribution is -0.114. The van der Waals surface area contributed by atoms with Gasteiger partial charge in [-0.3, -0.25) is 9.59 Å². The van der Waals surface area contributed by atoms with Crippen molar-refractivity contribution < 1.29 is 9.59 Å². The Balaban J connectivity index is 1.62. The van der Waals surface area contributed by atoms with E-state index in [0.29, 0.717) is 12.1 Å². The number of aromatic nitrogens is 1. The predicted molar refractivity (Wildman–Crippen MR) is 104 cm³/mol. The van der Waals surface area contributed by atoms with Crippen LogP contribution in [0.4, 0.5) is 5.69 Å². The summed E-state index contributed by atoms with van der Waals surface area (Å²) < 4.78 is 0. The van der Waals surface area contributed by atoms with Crippen molar-refractivity contribution in [3.8, 4) is 11.3 Å². The highest BCUT2D eigenvalue weighted by atomic mass is 32.1. The first-order valence-corrected chi connectivity index (χ1v) is 9.06. The second-order valence-corrected chi connectivity index (χ2v) is 6.88. The molecule has 0 spiro atoms. The molecule has 2 aromatic carbocycles. The number of carbonyl (C=O) groups is 2. The van der Waals surface area contributed by atoms with Crippen molar-refractivity contribution in [3.05, 3.63) is 70.0 Å². The second kappa shape index (κ2) is 7.93. The Kier molecular flexibility index (Phi) is 5.43. The van der Waals surface area contributed by atoms with Crippen molar-refractivity contribution in [1.29, 1.82) is 0 Å². The van der Waals surface area contributed by atoms with Crippen molar-refractivity contribution in [2.45, 2.75) is 20.4 Å². The maximum absolute atomic E-state index is 12.2. The molecule has 0 bridgehead atoms. The molecule has 0 aliphatic heterocycles. The van der Waals surface area contributed by atoms with Gasteiger partial charge in [-0.05, 0) is 31.2 Å². The van der Waals surface area contributed by atoms with E-state index in [1.54, 1.807) is 6.07 Å². The molecule has 2 N–H and O–H groups in total. The zero-order chi connectivity index (χ0) is 18.5. The van der Waals surface area contributed by atoms with E-state index in [2.05, 4.69) is 15.6 Å². The molecule has 0 unspecified atom stereocenters. The Morgan fingerprint density at radius 1 is 1.12 bits per heavy atom. The fraction of sp³-hybridized carbons (Fsp3) is 0.150. The van der Waals surface area contributed by atoms with Gasteiger partial charge in [-0.15, -0.1) is 11.3 Å². The van der Waals surface area contributed by atoms with Gasteiger partial charge >= 0.3 is 0 Å². The van der Waals surface area contributed by atoms with Gasteiger partial charge in [0, 0.05) is 29.1 Å². The summed E-state index contributed by atoms with van der Waals surface area (Å²) in [5, 5.41) is 8.44. The number of thiazole rings is 1. The van der Waals surface area contributed by atoms with E-state index in [-0.39, 0.29) is 11.8 Å². The summed E-state index contributed by atoms with van der Waals surface area (Å²) in [5.41, 5.74) is 4.27. The zero-order valence-electron chi connectivity index (χ0n) is 14.6. The van der Waals surface area contributed by atoms with Gasteiger partial charge in [0.1, 0.15) is 5.01 Å². The molecule has 0 aliphatic rings. The number of rotatable bonds is 5. The van der Waals surface area contributed by atoms with Crippen molar-refractivity contribution in [2.75, 3.05) is 5.32 Å². The molecular weight excluding hydrogens is 346 g/mol. The fourth-order valence-electron chi connectivity index (χ4n) is 2.50. The van der Waals surface area contributed by atoms with Crippen LogP contribution in [0.3, 0.4) is 0 Å². The smallest absolute Gasteiger partial charge is 0.251 e. The molecule has 26 heavy (non-hydrogen) atoms. The van der Waals surface area contributed by atoms with Gasteiger partial charge in [0.2, 0.25) is 5.91 Å². The number of nitrogens with zero attached hydrogens (tertiary/aromatic N) is 1. The van der Waals surface area contributed by atoms with Crippen molar-refractivity contribution >= 4 is 28.8 Å². The first-order chi connectivity index (χ1) is 12.5. The van der Waals surface area contributed by atoms with Gasteiger partial charge in [0.05, 0.1) is 12.2 Å². The molecule has 0 fully saturated rings. The number of amides is 2.